The van der Waals surface area contributed by atoms with Crippen molar-refractivity contribution in [3.8, 4) is 0 Å². The van der Waals surface area contributed by atoms with Gasteiger partial charge in [0.05, 0.1) is 12.1 Å². The number of methoxy groups -OCH3 is 1. The van der Waals surface area contributed by atoms with E-state index in [2.05, 4.69) is 17.1 Å². The lowest BCUT2D eigenvalue weighted by Crippen LogP contribution is -2.22. The van der Waals surface area contributed by atoms with Gasteiger partial charge in [-0.3, -0.25) is 4.57 Å². The van der Waals surface area contributed by atoms with Crippen molar-refractivity contribution in [3.63, 3.8) is 0 Å². The molecule has 0 bridgehead atoms. The highest BCUT2D eigenvalue weighted by molar-refractivity contribution is 6.28. The number of rotatable bonds is 3. The maximum atomic E-state index is 6.06. The molecule has 4 nitrogen and oxygen atoms in total. The molecule has 1 fully saturated rings. The molecule has 2 unspecified atom stereocenters. The molecule has 0 saturated heterocycles. The highest BCUT2D eigenvalue weighted by atomic mass is 35.5. The summed E-state index contributed by atoms with van der Waals surface area (Å²) < 4.78 is 7.50. The molecule has 5 heteroatoms. The van der Waals surface area contributed by atoms with Gasteiger partial charge >= 0.3 is 0 Å². The summed E-state index contributed by atoms with van der Waals surface area (Å²) in [6.07, 6.45) is 4.49. The van der Waals surface area contributed by atoms with Gasteiger partial charge in [0.1, 0.15) is 5.82 Å². The average molecular weight is 230 g/mol. The van der Waals surface area contributed by atoms with Gasteiger partial charge in [0.15, 0.2) is 0 Å². The molecule has 1 aromatic heterocycles. The molecule has 0 amide bonds. The Balaban J connectivity index is 2.30. The molecule has 0 N–H and O–H groups in total. The smallest absolute Gasteiger partial charge is 0.225 e. The second-order valence-corrected chi connectivity index (χ2v) is 4.22. The number of nitrogens with zero attached hydrogens (tertiary/aromatic N) is 3. The van der Waals surface area contributed by atoms with Crippen LogP contribution in [-0.2, 0) is 11.2 Å². The van der Waals surface area contributed by atoms with Crippen LogP contribution in [0.15, 0.2) is 0 Å². The van der Waals surface area contributed by atoms with Crippen molar-refractivity contribution in [3.05, 3.63) is 11.1 Å². The molecule has 0 aliphatic heterocycles. The first-order valence-electron chi connectivity index (χ1n) is 5.40. The third kappa shape index (κ3) is 1.88. The first-order chi connectivity index (χ1) is 7.27. The minimum absolute atomic E-state index is 0.254. The zero-order valence-corrected chi connectivity index (χ0v) is 9.87. The van der Waals surface area contributed by atoms with Crippen LogP contribution in [-0.4, -0.2) is 28.0 Å². The summed E-state index contributed by atoms with van der Waals surface area (Å²) >= 11 is 6.06. The van der Waals surface area contributed by atoms with E-state index in [0.29, 0.717) is 11.3 Å². The molecule has 0 radical (unpaired) electrons. The van der Waals surface area contributed by atoms with Crippen LogP contribution in [0.2, 0.25) is 5.28 Å². The fraction of sp³-hybridized carbons (Fsp3) is 0.800. The van der Waals surface area contributed by atoms with Crippen LogP contribution >= 0.6 is 11.6 Å². The normalized spacial score (nSPS) is 26.1. The maximum Gasteiger partial charge on any atom is 0.225 e. The number of hydrogen-bond donors (Lipinski definition) is 0. The monoisotopic (exact) mass is 229 g/mol. The summed E-state index contributed by atoms with van der Waals surface area (Å²) in [4.78, 5) is 0. The van der Waals surface area contributed by atoms with E-state index < -0.39 is 0 Å². The van der Waals surface area contributed by atoms with Crippen LogP contribution in [0.5, 0.6) is 0 Å². The Bertz CT molecular complexity index is 339. The lowest BCUT2D eigenvalue weighted by atomic mass is 10.2. The Morgan fingerprint density at radius 2 is 2.27 bits per heavy atom. The Morgan fingerprint density at radius 3 is 2.93 bits per heavy atom. The molecule has 0 aromatic carbocycles. The van der Waals surface area contributed by atoms with Gasteiger partial charge in [0.2, 0.25) is 5.28 Å². The Hall–Kier alpha value is -0.610. The van der Waals surface area contributed by atoms with Crippen molar-refractivity contribution in [1.29, 1.82) is 0 Å². The van der Waals surface area contributed by atoms with E-state index in [1.807, 2.05) is 4.57 Å². The SMILES string of the molecule is CCc1nnc(Cl)n1C1CCCC1OC. The Labute approximate surface area is 94.6 Å². The van der Waals surface area contributed by atoms with E-state index in [-0.39, 0.29) is 6.10 Å². The van der Waals surface area contributed by atoms with Gasteiger partial charge < -0.3 is 4.74 Å². The van der Waals surface area contributed by atoms with Gasteiger partial charge in [-0.25, -0.2) is 0 Å². The lowest BCUT2D eigenvalue weighted by Gasteiger charge is -2.21. The molecule has 1 aliphatic rings. The second-order valence-electron chi connectivity index (χ2n) is 3.88. The second kappa shape index (κ2) is 4.49. The van der Waals surface area contributed by atoms with Crippen LogP contribution in [0.3, 0.4) is 0 Å². The molecular weight excluding hydrogens is 214 g/mol. The van der Waals surface area contributed by atoms with E-state index >= 15 is 0 Å². The maximum absolute atomic E-state index is 6.06. The fourth-order valence-electron chi connectivity index (χ4n) is 2.35. The van der Waals surface area contributed by atoms with E-state index in [0.717, 1.165) is 25.1 Å². The zero-order valence-electron chi connectivity index (χ0n) is 9.11. The Morgan fingerprint density at radius 1 is 1.47 bits per heavy atom. The van der Waals surface area contributed by atoms with Gasteiger partial charge in [0.25, 0.3) is 0 Å². The zero-order chi connectivity index (χ0) is 10.8. The minimum Gasteiger partial charge on any atom is -0.379 e. The lowest BCUT2D eigenvalue weighted by molar-refractivity contribution is 0.0740. The van der Waals surface area contributed by atoms with Crippen LogP contribution in [0.25, 0.3) is 0 Å². The minimum atomic E-state index is 0.254. The van der Waals surface area contributed by atoms with E-state index in [9.17, 15) is 0 Å². The van der Waals surface area contributed by atoms with Crippen LogP contribution < -0.4 is 0 Å². The van der Waals surface area contributed by atoms with Crippen molar-refractivity contribution < 1.29 is 4.74 Å². The quantitative estimate of drug-likeness (QED) is 0.798. The molecule has 1 aromatic rings. The predicted octanol–water partition coefficient (Wildman–Crippen LogP) is 2.23. The van der Waals surface area contributed by atoms with E-state index in [1.165, 1.54) is 6.42 Å². The van der Waals surface area contributed by atoms with Gasteiger partial charge in [-0.1, -0.05) is 6.92 Å². The van der Waals surface area contributed by atoms with E-state index in [4.69, 9.17) is 16.3 Å². The van der Waals surface area contributed by atoms with Crippen molar-refractivity contribution in [2.75, 3.05) is 7.11 Å². The molecular formula is C10H16ClN3O. The van der Waals surface area contributed by atoms with Gasteiger partial charge in [-0.2, -0.15) is 0 Å². The molecule has 0 spiro atoms. The van der Waals surface area contributed by atoms with Gasteiger partial charge in [-0.15, -0.1) is 10.2 Å². The third-order valence-corrected chi connectivity index (χ3v) is 3.35. The molecule has 84 valence electrons. The molecule has 1 heterocycles. The van der Waals surface area contributed by atoms with Crippen LogP contribution in [0, 0.1) is 0 Å². The molecule has 15 heavy (non-hydrogen) atoms. The molecule has 2 rings (SSSR count). The van der Waals surface area contributed by atoms with E-state index in [1.54, 1.807) is 7.11 Å². The topological polar surface area (TPSA) is 39.9 Å². The van der Waals surface area contributed by atoms with Crippen molar-refractivity contribution in [2.24, 2.45) is 0 Å². The highest BCUT2D eigenvalue weighted by Gasteiger charge is 2.31. The van der Waals surface area contributed by atoms with Crippen molar-refractivity contribution >= 4 is 11.6 Å². The summed E-state index contributed by atoms with van der Waals surface area (Å²) in [7, 11) is 1.76. The van der Waals surface area contributed by atoms with Crippen molar-refractivity contribution in [2.45, 2.75) is 44.8 Å². The molecule has 1 aliphatic carbocycles. The first-order valence-corrected chi connectivity index (χ1v) is 5.77. The number of ether oxygens (including phenoxy) is 1. The highest BCUT2D eigenvalue weighted by Crippen LogP contribution is 2.34. The third-order valence-electron chi connectivity index (χ3n) is 3.09. The predicted molar refractivity (Wildman–Crippen MR) is 58.1 cm³/mol. The largest absolute Gasteiger partial charge is 0.379 e. The summed E-state index contributed by atoms with van der Waals surface area (Å²) in [6, 6.07) is 0.312. The van der Waals surface area contributed by atoms with Crippen LogP contribution in [0.4, 0.5) is 0 Å². The summed E-state index contributed by atoms with van der Waals surface area (Å²) in [5.41, 5.74) is 0. The summed E-state index contributed by atoms with van der Waals surface area (Å²) in [5.74, 6) is 0.953. The van der Waals surface area contributed by atoms with Gasteiger partial charge in [-0.05, 0) is 30.9 Å². The number of hydrogen-bond acceptors (Lipinski definition) is 3. The number of aryl methyl sites for hydroxylation is 1. The summed E-state index contributed by atoms with van der Waals surface area (Å²) in [5, 5.41) is 8.48. The fourth-order valence-corrected chi connectivity index (χ4v) is 2.61. The summed E-state index contributed by atoms with van der Waals surface area (Å²) in [6.45, 7) is 2.06. The Kier molecular flexibility index (Phi) is 3.26. The average Bonchev–Trinajstić information content (AvgIpc) is 2.82. The molecule has 1 saturated carbocycles. The number of halogens is 1. The van der Waals surface area contributed by atoms with Gasteiger partial charge in [0, 0.05) is 13.5 Å². The van der Waals surface area contributed by atoms with Crippen LogP contribution in [0.1, 0.15) is 38.1 Å². The first kappa shape index (κ1) is 10.9. The standard InChI is InChI=1S/C10H16ClN3O/c1-3-9-12-13-10(11)14(9)7-5-4-6-8(7)15-2/h7-8H,3-6H2,1-2H3. The molecule has 2 atom stereocenters. The van der Waals surface area contributed by atoms with Crippen molar-refractivity contribution in [1.82, 2.24) is 14.8 Å². The number of aromatic nitrogens is 3.